The predicted molar refractivity (Wildman–Crippen MR) is 114 cm³/mol. The molecule has 2 heterocycles. The van der Waals surface area contributed by atoms with Gasteiger partial charge >= 0.3 is 0 Å². The molecule has 1 aromatic heterocycles. The van der Waals surface area contributed by atoms with Gasteiger partial charge in [-0.1, -0.05) is 11.6 Å². The summed E-state index contributed by atoms with van der Waals surface area (Å²) in [6.07, 6.45) is 5.99. The summed E-state index contributed by atoms with van der Waals surface area (Å²) in [6.45, 7) is 13.4. The first-order valence-corrected chi connectivity index (χ1v) is 10.2. The van der Waals surface area contributed by atoms with E-state index in [1.165, 1.54) is 0 Å². The van der Waals surface area contributed by atoms with Crippen LogP contribution in [0.3, 0.4) is 0 Å². The zero-order valence-electron chi connectivity index (χ0n) is 17.6. The van der Waals surface area contributed by atoms with E-state index >= 15 is 0 Å². The van der Waals surface area contributed by atoms with Crippen LogP contribution in [0.1, 0.15) is 65.0 Å². The smallest absolute Gasteiger partial charge is 0.254 e. The number of aromatic nitrogens is 1. The Morgan fingerprint density at radius 2 is 1.93 bits per heavy atom. The molecule has 1 saturated heterocycles. The molecule has 5 nitrogen and oxygen atoms in total. The number of rotatable bonds is 6. The highest BCUT2D eigenvalue weighted by Gasteiger charge is 2.38. The highest BCUT2D eigenvalue weighted by atomic mass is 16.2. The van der Waals surface area contributed by atoms with Crippen molar-refractivity contribution in [2.75, 3.05) is 13.1 Å². The second kappa shape index (κ2) is 8.29. The summed E-state index contributed by atoms with van der Waals surface area (Å²) >= 11 is 0. The molecular weight excluding hydrogens is 348 g/mol. The normalized spacial score (nSPS) is 19.5. The molecule has 0 bridgehead atoms. The van der Waals surface area contributed by atoms with E-state index < -0.39 is 0 Å². The van der Waals surface area contributed by atoms with E-state index in [0.29, 0.717) is 5.92 Å². The standard InChI is InChI=1S/C23H32N4O/c1-16(2)20(17(3)21(24-5)26-23(4)11-12-23)22(28)27-14-9-18(10-15-27)19-8-6-7-13-25-19/h6-8,13,18,26H,5,9-12,14-15H2,1-4H3/b21-17-. The van der Waals surface area contributed by atoms with E-state index in [1.54, 1.807) is 0 Å². The average molecular weight is 381 g/mol. The zero-order chi connectivity index (χ0) is 20.3. The Morgan fingerprint density at radius 3 is 2.43 bits per heavy atom. The molecule has 0 atom stereocenters. The Kier molecular flexibility index (Phi) is 6.01. The highest BCUT2D eigenvalue weighted by Crippen LogP contribution is 2.36. The molecule has 150 valence electrons. The van der Waals surface area contributed by atoms with Crippen LogP contribution < -0.4 is 5.32 Å². The number of pyridine rings is 1. The van der Waals surface area contributed by atoms with Crippen LogP contribution >= 0.6 is 0 Å². The summed E-state index contributed by atoms with van der Waals surface area (Å²) in [5.41, 5.74) is 3.89. The van der Waals surface area contributed by atoms with Crippen LogP contribution in [0.25, 0.3) is 0 Å². The number of carbonyl (C=O) groups excluding carboxylic acids is 1. The third-order valence-electron chi connectivity index (χ3n) is 5.91. The second-order valence-electron chi connectivity index (χ2n) is 8.51. The minimum Gasteiger partial charge on any atom is -0.365 e. The van der Waals surface area contributed by atoms with Crippen LogP contribution in [0.4, 0.5) is 0 Å². The maximum absolute atomic E-state index is 13.4. The molecule has 0 aromatic carbocycles. The van der Waals surface area contributed by atoms with Gasteiger partial charge in [0.1, 0.15) is 5.82 Å². The molecule has 0 radical (unpaired) electrons. The van der Waals surface area contributed by atoms with Crippen LogP contribution in [0.2, 0.25) is 0 Å². The van der Waals surface area contributed by atoms with Crippen molar-refractivity contribution in [3.63, 3.8) is 0 Å². The SMILES string of the molecule is C=N/C(NC1(C)CC1)=C(\C)C(C(=O)N1CCC(c2ccccn2)CC1)=C(C)C. The van der Waals surface area contributed by atoms with Crippen molar-refractivity contribution in [1.29, 1.82) is 0 Å². The topological polar surface area (TPSA) is 57.6 Å². The first kappa shape index (κ1) is 20.3. The summed E-state index contributed by atoms with van der Waals surface area (Å²) in [6, 6.07) is 6.06. The van der Waals surface area contributed by atoms with E-state index in [0.717, 1.165) is 67.0 Å². The lowest BCUT2D eigenvalue weighted by Gasteiger charge is -2.33. The number of allylic oxidation sites excluding steroid dienone is 1. The number of nitrogens with zero attached hydrogens (tertiary/aromatic N) is 3. The molecule has 0 spiro atoms. The lowest BCUT2D eigenvalue weighted by Crippen LogP contribution is -2.39. The van der Waals surface area contributed by atoms with E-state index in [-0.39, 0.29) is 11.4 Å². The molecule has 5 heteroatoms. The number of likely N-dealkylation sites (tertiary alicyclic amines) is 1. The van der Waals surface area contributed by atoms with Crippen LogP contribution in [0, 0.1) is 0 Å². The highest BCUT2D eigenvalue weighted by molar-refractivity contribution is 5.98. The Bertz CT molecular complexity index is 793. The summed E-state index contributed by atoms with van der Waals surface area (Å²) in [5.74, 6) is 1.26. The first-order chi connectivity index (χ1) is 13.3. The molecule has 3 rings (SSSR count). The summed E-state index contributed by atoms with van der Waals surface area (Å²) in [5, 5.41) is 3.48. The van der Waals surface area contributed by atoms with Crippen molar-refractivity contribution in [3.8, 4) is 0 Å². The molecule has 1 N–H and O–H groups in total. The molecule has 1 aromatic rings. The fourth-order valence-electron chi connectivity index (χ4n) is 3.87. The molecule has 0 unspecified atom stereocenters. The molecular formula is C23H32N4O. The number of nitrogens with one attached hydrogen (secondary N) is 1. The van der Waals surface area contributed by atoms with Gasteiger partial charge in [-0.25, -0.2) is 4.99 Å². The molecule has 2 fully saturated rings. The fourth-order valence-corrected chi connectivity index (χ4v) is 3.87. The minimum atomic E-state index is 0.0919. The molecule has 28 heavy (non-hydrogen) atoms. The predicted octanol–water partition coefficient (Wildman–Crippen LogP) is 4.20. The van der Waals surface area contributed by atoms with Crippen molar-refractivity contribution >= 4 is 12.6 Å². The third-order valence-corrected chi connectivity index (χ3v) is 5.91. The number of aliphatic imine (C=N–C) groups is 1. The van der Waals surface area contributed by atoms with Crippen molar-refractivity contribution < 1.29 is 4.79 Å². The van der Waals surface area contributed by atoms with E-state index in [1.807, 2.05) is 44.0 Å². The molecule has 1 aliphatic carbocycles. The van der Waals surface area contributed by atoms with Crippen molar-refractivity contribution in [2.45, 2.75) is 64.8 Å². The van der Waals surface area contributed by atoms with E-state index in [2.05, 4.69) is 35.0 Å². The van der Waals surface area contributed by atoms with Gasteiger partial charge in [0.25, 0.3) is 5.91 Å². The molecule has 2 aliphatic rings. The minimum absolute atomic E-state index is 0.0919. The lowest BCUT2D eigenvalue weighted by atomic mass is 9.92. The lowest BCUT2D eigenvalue weighted by molar-refractivity contribution is -0.128. The Labute approximate surface area is 168 Å². The van der Waals surface area contributed by atoms with Crippen LogP contribution in [0.15, 0.2) is 51.9 Å². The molecule has 1 amide bonds. The van der Waals surface area contributed by atoms with E-state index in [9.17, 15) is 4.79 Å². The van der Waals surface area contributed by atoms with Gasteiger partial charge in [-0.05, 0) is 72.2 Å². The number of piperidine rings is 1. The largest absolute Gasteiger partial charge is 0.365 e. The Balaban J connectivity index is 1.74. The van der Waals surface area contributed by atoms with Gasteiger partial charge in [-0.15, -0.1) is 0 Å². The van der Waals surface area contributed by atoms with Gasteiger partial charge in [0.2, 0.25) is 0 Å². The van der Waals surface area contributed by atoms with Gasteiger partial charge in [0.05, 0.1) is 0 Å². The average Bonchev–Trinajstić information content (AvgIpc) is 3.43. The van der Waals surface area contributed by atoms with Crippen molar-refractivity contribution in [3.05, 3.63) is 52.6 Å². The maximum Gasteiger partial charge on any atom is 0.254 e. The Hall–Kier alpha value is -2.43. The van der Waals surface area contributed by atoms with Gasteiger partial charge in [0.15, 0.2) is 0 Å². The van der Waals surface area contributed by atoms with Crippen LogP contribution in [0.5, 0.6) is 0 Å². The van der Waals surface area contributed by atoms with E-state index in [4.69, 9.17) is 0 Å². The summed E-state index contributed by atoms with van der Waals surface area (Å²) < 4.78 is 0. The second-order valence-corrected chi connectivity index (χ2v) is 8.51. The summed E-state index contributed by atoms with van der Waals surface area (Å²) in [4.78, 5) is 24.0. The van der Waals surface area contributed by atoms with Gasteiger partial charge in [0, 0.05) is 47.6 Å². The number of hydrogen-bond donors (Lipinski definition) is 1. The first-order valence-electron chi connectivity index (χ1n) is 10.2. The molecule has 1 aliphatic heterocycles. The van der Waals surface area contributed by atoms with Crippen LogP contribution in [-0.2, 0) is 4.79 Å². The van der Waals surface area contributed by atoms with Crippen molar-refractivity contribution in [1.82, 2.24) is 15.2 Å². The maximum atomic E-state index is 13.4. The number of carbonyl (C=O) groups is 1. The van der Waals surface area contributed by atoms with Gasteiger partial charge in [-0.3, -0.25) is 9.78 Å². The quantitative estimate of drug-likeness (QED) is 0.457. The Morgan fingerprint density at radius 1 is 1.25 bits per heavy atom. The van der Waals surface area contributed by atoms with Gasteiger partial charge < -0.3 is 10.2 Å². The summed E-state index contributed by atoms with van der Waals surface area (Å²) in [7, 11) is 0. The van der Waals surface area contributed by atoms with Crippen molar-refractivity contribution in [2.24, 2.45) is 4.99 Å². The van der Waals surface area contributed by atoms with Gasteiger partial charge in [-0.2, -0.15) is 0 Å². The fraction of sp³-hybridized carbons (Fsp3) is 0.522. The zero-order valence-corrected chi connectivity index (χ0v) is 17.6. The molecule has 1 saturated carbocycles. The van der Waals surface area contributed by atoms with Crippen LogP contribution in [-0.4, -0.2) is 41.1 Å². The monoisotopic (exact) mass is 380 g/mol. The third kappa shape index (κ3) is 4.51. The number of amides is 1. The number of hydrogen-bond acceptors (Lipinski definition) is 4.